The Morgan fingerprint density at radius 1 is 1.03 bits per heavy atom. The molecule has 1 saturated heterocycles. The number of nitrogens with one attached hydrogen (secondary N) is 1. The molecule has 0 radical (unpaired) electrons. The molecule has 0 aliphatic carbocycles. The van der Waals surface area contributed by atoms with E-state index in [0.29, 0.717) is 30.3 Å². The predicted octanol–water partition coefficient (Wildman–Crippen LogP) is 4.45. The molecular weight excluding hydrogens is 464 g/mol. The van der Waals surface area contributed by atoms with Crippen molar-refractivity contribution < 1.29 is 33.0 Å². The molecule has 0 spiro atoms. The number of carbonyl (C=O) groups excluding carboxylic acids is 3. The van der Waals surface area contributed by atoms with Gasteiger partial charge in [0.05, 0.1) is 20.3 Å². The zero-order chi connectivity index (χ0) is 25.7. The lowest BCUT2D eigenvalue weighted by molar-refractivity contribution is -0.123. The van der Waals surface area contributed by atoms with E-state index in [4.69, 9.17) is 13.9 Å². The average molecular weight is 491 g/mol. The SMILES string of the molecule is CCOc1cc(C=C2NC(=O)N(Cc3ccc(C(=O)OC)o3)C2=O)ccc1OCc1ccc(C)cc1. The predicted molar refractivity (Wildman–Crippen MR) is 130 cm³/mol. The van der Waals surface area contributed by atoms with E-state index in [1.165, 1.54) is 24.8 Å². The summed E-state index contributed by atoms with van der Waals surface area (Å²) in [6, 6.07) is 15.7. The van der Waals surface area contributed by atoms with Crippen molar-refractivity contribution in [2.75, 3.05) is 13.7 Å². The Hall–Kier alpha value is -4.53. The van der Waals surface area contributed by atoms with Gasteiger partial charge in [-0.25, -0.2) is 9.59 Å². The lowest BCUT2D eigenvalue weighted by atomic mass is 10.1. The van der Waals surface area contributed by atoms with Crippen molar-refractivity contribution in [1.29, 1.82) is 0 Å². The highest BCUT2D eigenvalue weighted by Crippen LogP contribution is 2.30. The molecule has 9 heteroatoms. The van der Waals surface area contributed by atoms with Gasteiger partial charge in [0.1, 0.15) is 18.1 Å². The zero-order valence-corrected chi connectivity index (χ0v) is 20.2. The van der Waals surface area contributed by atoms with Gasteiger partial charge in [-0.05, 0) is 55.3 Å². The van der Waals surface area contributed by atoms with E-state index in [2.05, 4.69) is 10.1 Å². The quantitative estimate of drug-likeness (QED) is 0.268. The topological polar surface area (TPSA) is 107 Å². The summed E-state index contributed by atoms with van der Waals surface area (Å²) in [6.45, 7) is 4.58. The molecule has 2 heterocycles. The Morgan fingerprint density at radius 2 is 1.81 bits per heavy atom. The van der Waals surface area contributed by atoms with Gasteiger partial charge in [-0.15, -0.1) is 0 Å². The first-order valence-corrected chi connectivity index (χ1v) is 11.3. The number of esters is 1. The number of hydrogen-bond donors (Lipinski definition) is 1. The van der Waals surface area contributed by atoms with Gasteiger partial charge in [-0.1, -0.05) is 35.9 Å². The lowest BCUT2D eigenvalue weighted by Gasteiger charge is -2.13. The minimum atomic E-state index is -0.643. The number of hydrogen-bond acceptors (Lipinski definition) is 7. The maximum absolute atomic E-state index is 12.9. The first kappa shape index (κ1) is 24.6. The Labute approximate surface area is 208 Å². The Balaban J connectivity index is 1.48. The molecule has 1 fully saturated rings. The Morgan fingerprint density at radius 3 is 2.53 bits per heavy atom. The summed E-state index contributed by atoms with van der Waals surface area (Å²) in [6.07, 6.45) is 1.56. The molecule has 4 rings (SSSR count). The number of rotatable bonds is 9. The van der Waals surface area contributed by atoms with Crippen LogP contribution >= 0.6 is 0 Å². The van der Waals surface area contributed by atoms with Crippen LogP contribution in [0.1, 0.15) is 39.9 Å². The van der Waals surface area contributed by atoms with Crippen LogP contribution in [-0.2, 0) is 22.7 Å². The highest BCUT2D eigenvalue weighted by Gasteiger charge is 2.34. The second kappa shape index (κ2) is 10.8. The van der Waals surface area contributed by atoms with Crippen LogP contribution in [0.15, 0.2) is 64.7 Å². The monoisotopic (exact) mass is 490 g/mol. The van der Waals surface area contributed by atoms with Crippen LogP contribution in [0.4, 0.5) is 4.79 Å². The number of benzene rings is 2. The number of ether oxygens (including phenoxy) is 3. The summed E-state index contributed by atoms with van der Waals surface area (Å²) in [5.74, 6) is 0.196. The van der Waals surface area contributed by atoms with Gasteiger partial charge in [0.15, 0.2) is 11.5 Å². The van der Waals surface area contributed by atoms with Gasteiger partial charge >= 0.3 is 12.0 Å². The normalized spacial score (nSPS) is 14.2. The molecule has 9 nitrogen and oxygen atoms in total. The molecule has 2 aromatic carbocycles. The van der Waals surface area contributed by atoms with Crippen LogP contribution in [0.3, 0.4) is 0 Å². The molecule has 1 aliphatic heterocycles. The largest absolute Gasteiger partial charge is 0.490 e. The van der Waals surface area contributed by atoms with Crippen molar-refractivity contribution in [2.45, 2.75) is 27.0 Å². The van der Waals surface area contributed by atoms with E-state index in [-0.39, 0.29) is 23.8 Å². The minimum Gasteiger partial charge on any atom is -0.490 e. The zero-order valence-electron chi connectivity index (χ0n) is 20.2. The van der Waals surface area contributed by atoms with Gasteiger partial charge in [0, 0.05) is 0 Å². The number of imide groups is 1. The summed E-state index contributed by atoms with van der Waals surface area (Å²) in [7, 11) is 1.23. The van der Waals surface area contributed by atoms with Crippen LogP contribution in [0.25, 0.3) is 6.08 Å². The minimum absolute atomic E-state index is 0.0107. The number of amides is 3. The summed E-state index contributed by atoms with van der Waals surface area (Å²) in [4.78, 5) is 37.9. The summed E-state index contributed by atoms with van der Waals surface area (Å²) >= 11 is 0. The lowest BCUT2D eigenvalue weighted by Crippen LogP contribution is -2.30. The van der Waals surface area contributed by atoms with E-state index in [1.54, 1.807) is 24.3 Å². The molecule has 36 heavy (non-hydrogen) atoms. The fourth-order valence-corrected chi connectivity index (χ4v) is 3.56. The van der Waals surface area contributed by atoms with Crippen molar-refractivity contribution in [3.05, 3.63) is 88.5 Å². The second-order valence-corrected chi connectivity index (χ2v) is 8.05. The molecule has 1 aromatic heterocycles. The molecule has 1 aliphatic rings. The van der Waals surface area contributed by atoms with E-state index in [9.17, 15) is 14.4 Å². The van der Waals surface area contributed by atoms with Crippen molar-refractivity contribution >= 4 is 24.0 Å². The van der Waals surface area contributed by atoms with Crippen molar-refractivity contribution in [3.8, 4) is 11.5 Å². The smallest absolute Gasteiger partial charge is 0.373 e. The number of nitrogens with zero attached hydrogens (tertiary/aromatic N) is 1. The standard InChI is InChI=1S/C27H26N2O7/c1-4-34-24-14-19(9-11-22(24)35-16-18-7-5-17(2)6-8-18)13-21-25(30)29(27(32)28-21)15-20-10-12-23(36-20)26(31)33-3/h5-14H,4,15-16H2,1-3H3,(H,28,32). The van der Waals surface area contributed by atoms with Gasteiger partial charge in [-0.2, -0.15) is 0 Å². The summed E-state index contributed by atoms with van der Waals surface area (Å²) in [5, 5.41) is 2.57. The van der Waals surface area contributed by atoms with Crippen molar-refractivity contribution in [2.24, 2.45) is 0 Å². The molecule has 3 amide bonds. The summed E-state index contributed by atoms with van der Waals surface area (Å²) < 4.78 is 21.7. The van der Waals surface area contributed by atoms with Crippen LogP contribution in [0, 0.1) is 6.92 Å². The molecule has 0 unspecified atom stereocenters. The highest BCUT2D eigenvalue weighted by atomic mass is 16.5. The third kappa shape index (κ3) is 5.57. The van der Waals surface area contributed by atoms with E-state index in [0.717, 1.165) is 10.5 Å². The van der Waals surface area contributed by atoms with Gasteiger partial charge in [0.2, 0.25) is 5.76 Å². The number of methoxy groups -OCH3 is 1. The van der Waals surface area contributed by atoms with Crippen LogP contribution < -0.4 is 14.8 Å². The molecule has 3 aromatic rings. The highest BCUT2D eigenvalue weighted by molar-refractivity contribution is 6.13. The molecule has 0 bridgehead atoms. The maximum atomic E-state index is 12.9. The third-order valence-corrected chi connectivity index (χ3v) is 5.42. The molecule has 0 atom stereocenters. The molecule has 0 saturated carbocycles. The Kier molecular flexibility index (Phi) is 7.39. The van der Waals surface area contributed by atoms with Gasteiger partial charge < -0.3 is 23.9 Å². The van der Waals surface area contributed by atoms with Crippen LogP contribution in [-0.4, -0.2) is 36.5 Å². The van der Waals surface area contributed by atoms with E-state index >= 15 is 0 Å². The van der Waals surface area contributed by atoms with Crippen molar-refractivity contribution in [3.63, 3.8) is 0 Å². The fourth-order valence-electron chi connectivity index (χ4n) is 3.56. The number of aryl methyl sites for hydroxylation is 1. The number of furan rings is 1. The number of carbonyl (C=O) groups is 3. The second-order valence-electron chi connectivity index (χ2n) is 8.05. The maximum Gasteiger partial charge on any atom is 0.373 e. The fraction of sp³-hybridized carbons (Fsp3) is 0.222. The van der Waals surface area contributed by atoms with E-state index in [1.807, 2.05) is 38.1 Å². The molecule has 1 N–H and O–H groups in total. The van der Waals surface area contributed by atoms with E-state index < -0.39 is 17.9 Å². The molecule has 186 valence electrons. The third-order valence-electron chi connectivity index (χ3n) is 5.42. The summed E-state index contributed by atoms with van der Waals surface area (Å²) in [5.41, 5.74) is 2.96. The van der Waals surface area contributed by atoms with Crippen LogP contribution in [0.2, 0.25) is 0 Å². The van der Waals surface area contributed by atoms with Gasteiger partial charge in [0.25, 0.3) is 5.91 Å². The molecular formula is C27H26N2O7. The first-order chi connectivity index (χ1) is 17.4. The Bertz CT molecular complexity index is 1310. The van der Waals surface area contributed by atoms with Crippen molar-refractivity contribution in [1.82, 2.24) is 10.2 Å². The first-order valence-electron chi connectivity index (χ1n) is 11.3. The number of urea groups is 1. The average Bonchev–Trinajstić information content (AvgIpc) is 3.45. The van der Waals surface area contributed by atoms with Crippen LogP contribution in [0.5, 0.6) is 11.5 Å². The van der Waals surface area contributed by atoms with Gasteiger partial charge in [-0.3, -0.25) is 9.69 Å².